The van der Waals surface area contributed by atoms with E-state index in [4.69, 9.17) is 9.47 Å². The predicted molar refractivity (Wildman–Crippen MR) is 131 cm³/mol. The molecule has 1 aliphatic rings. The first-order chi connectivity index (χ1) is 15.3. The number of carbonyl (C=O) groups is 3. The third kappa shape index (κ3) is 5.83. The summed E-state index contributed by atoms with van der Waals surface area (Å²) >= 11 is 2.98. The zero-order valence-electron chi connectivity index (χ0n) is 17.8. The van der Waals surface area contributed by atoms with Crippen LogP contribution in [0.5, 0.6) is 11.5 Å². The van der Waals surface area contributed by atoms with Crippen LogP contribution in [0.3, 0.4) is 0 Å². The van der Waals surface area contributed by atoms with Crippen molar-refractivity contribution in [3.63, 3.8) is 0 Å². The fourth-order valence-corrected chi connectivity index (χ4v) is 4.66. The Morgan fingerprint density at radius 1 is 1.19 bits per heavy atom. The summed E-state index contributed by atoms with van der Waals surface area (Å²) < 4.78 is 16.5. The lowest BCUT2D eigenvalue weighted by Gasteiger charge is -2.14. The zero-order chi connectivity index (χ0) is 23.3. The molecule has 0 spiro atoms. The SMILES string of the molecule is CCOc1cc(/C=C2/SC(=O)N(Cc3cccc(C)c3)C2=O)cc(I)c1OCC(=O)OC. The number of thioether (sulfide) groups is 1. The Bertz CT molecular complexity index is 1080. The van der Waals surface area contributed by atoms with Crippen LogP contribution >= 0.6 is 34.4 Å². The number of esters is 1. The van der Waals surface area contributed by atoms with Crippen molar-refractivity contribution in [2.75, 3.05) is 20.3 Å². The largest absolute Gasteiger partial charge is 0.490 e. The summed E-state index contributed by atoms with van der Waals surface area (Å²) in [7, 11) is 1.29. The molecule has 2 amide bonds. The molecule has 0 aliphatic carbocycles. The van der Waals surface area contributed by atoms with E-state index in [0.717, 1.165) is 22.9 Å². The number of nitrogens with zero attached hydrogens (tertiary/aromatic N) is 1. The van der Waals surface area contributed by atoms with Crippen molar-refractivity contribution in [1.29, 1.82) is 0 Å². The minimum Gasteiger partial charge on any atom is -0.490 e. The third-order valence-electron chi connectivity index (χ3n) is 4.49. The number of amides is 2. The van der Waals surface area contributed by atoms with Gasteiger partial charge in [0.05, 0.1) is 28.7 Å². The van der Waals surface area contributed by atoms with Crippen LogP contribution in [0, 0.1) is 10.5 Å². The molecular weight excluding hydrogens is 545 g/mol. The maximum Gasteiger partial charge on any atom is 0.343 e. The van der Waals surface area contributed by atoms with E-state index in [9.17, 15) is 14.4 Å². The lowest BCUT2D eigenvalue weighted by atomic mass is 10.1. The van der Waals surface area contributed by atoms with Crippen molar-refractivity contribution in [1.82, 2.24) is 4.90 Å². The molecule has 0 atom stereocenters. The first-order valence-corrected chi connectivity index (χ1v) is 11.7. The smallest absolute Gasteiger partial charge is 0.343 e. The highest BCUT2D eigenvalue weighted by Crippen LogP contribution is 2.38. The normalized spacial score (nSPS) is 14.8. The number of benzene rings is 2. The van der Waals surface area contributed by atoms with Gasteiger partial charge in [0.2, 0.25) is 0 Å². The van der Waals surface area contributed by atoms with Crippen LogP contribution in [0.4, 0.5) is 4.79 Å². The summed E-state index contributed by atoms with van der Waals surface area (Å²) in [6.07, 6.45) is 1.66. The number of hydrogen-bond acceptors (Lipinski definition) is 7. The topological polar surface area (TPSA) is 82.1 Å². The number of hydrogen-bond donors (Lipinski definition) is 0. The summed E-state index contributed by atoms with van der Waals surface area (Å²) in [5, 5.41) is -0.305. The fourth-order valence-electron chi connectivity index (χ4n) is 3.05. The summed E-state index contributed by atoms with van der Waals surface area (Å²) in [5.41, 5.74) is 2.65. The molecule has 1 heterocycles. The highest BCUT2D eigenvalue weighted by Gasteiger charge is 2.35. The van der Waals surface area contributed by atoms with Gasteiger partial charge in [-0.1, -0.05) is 29.8 Å². The van der Waals surface area contributed by atoms with Crippen LogP contribution in [-0.2, 0) is 20.9 Å². The van der Waals surface area contributed by atoms with Gasteiger partial charge in [0.15, 0.2) is 18.1 Å². The number of ether oxygens (including phenoxy) is 3. The molecule has 0 bridgehead atoms. The Hall–Kier alpha value is -2.53. The van der Waals surface area contributed by atoms with Crippen LogP contribution in [0.15, 0.2) is 41.3 Å². The second-order valence-electron chi connectivity index (χ2n) is 6.88. The first-order valence-electron chi connectivity index (χ1n) is 9.79. The maximum atomic E-state index is 12.9. The van der Waals surface area contributed by atoms with Crippen molar-refractivity contribution in [3.05, 3.63) is 61.6 Å². The van der Waals surface area contributed by atoms with Crippen molar-refractivity contribution >= 4 is 57.5 Å². The Morgan fingerprint density at radius 3 is 2.66 bits per heavy atom. The average Bonchev–Trinajstić information content (AvgIpc) is 3.00. The molecule has 168 valence electrons. The molecule has 3 rings (SSSR count). The molecule has 1 fully saturated rings. The van der Waals surface area contributed by atoms with Crippen LogP contribution < -0.4 is 9.47 Å². The van der Waals surface area contributed by atoms with Gasteiger partial charge in [-0.2, -0.15) is 0 Å². The highest BCUT2D eigenvalue weighted by atomic mass is 127. The number of carbonyl (C=O) groups excluding carboxylic acids is 3. The maximum absolute atomic E-state index is 12.9. The lowest BCUT2D eigenvalue weighted by Crippen LogP contribution is -2.27. The van der Waals surface area contributed by atoms with E-state index in [2.05, 4.69) is 27.3 Å². The molecule has 0 N–H and O–H groups in total. The molecule has 0 unspecified atom stereocenters. The van der Waals surface area contributed by atoms with Crippen molar-refractivity contribution in [3.8, 4) is 11.5 Å². The van der Waals surface area contributed by atoms with E-state index in [-0.39, 0.29) is 24.3 Å². The quantitative estimate of drug-likeness (QED) is 0.258. The Labute approximate surface area is 204 Å². The predicted octanol–water partition coefficient (Wildman–Crippen LogP) is 4.79. The van der Waals surface area contributed by atoms with Gasteiger partial charge in [-0.15, -0.1) is 0 Å². The molecule has 32 heavy (non-hydrogen) atoms. The molecule has 2 aromatic carbocycles. The van der Waals surface area contributed by atoms with Gasteiger partial charge in [0.1, 0.15) is 0 Å². The summed E-state index contributed by atoms with van der Waals surface area (Å²) in [6, 6.07) is 11.2. The monoisotopic (exact) mass is 567 g/mol. The average molecular weight is 567 g/mol. The number of imide groups is 1. The lowest BCUT2D eigenvalue weighted by molar-refractivity contribution is -0.143. The van der Waals surface area contributed by atoms with Crippen LogP contribution in [0.25, 0.3) is 6.08 Å². The van der Waals surface area contributed by atoms with Crippen LogP contribution in [0.2, 0.25) is 0 Å². The van der Waals surface area contributed by atoms with Crippen molar-refractivity contribution in [2.45, 2.75) is 20.4 Å². The molecule has 0 saturated carbocycles. The Morgan fingerprint density at radius 2 is 1.97 bits per heavy atom. The summed E-state index contributed by atoms with van der Waals surface area (Å²) in [5.74, 6) is 0.0196. The molecular formula is C23H22INO6S. The molecule has 0 radical (unpaired) electrons. The Balaban J connectivity index is 1.84. The minimum absolute atomic E-state index is 0.228. The van der Waals surface area contributed by atoms with Gasteiger partial charge in [-0.3, -0.25) is 14.5 Å². The van der Waals surface area contributed by atoms with Gasteiger partial charge in [-0.05, 0) is 77.5 Å². The summed E-state index contributed by atoms with van der Waals surface area (Å²) in [6.45, 7) is 4.17. The molecule has 2 aromatic rings. The van der Waals surface area contributed by atoms with Crippen molar-refractivity contribution in [2.24, 2.45) is 0 Å². The summed E-state index contributed by atoms with van der Waals surface area (Å²) in [4.78, 5) is 38.4. The fraction of sp³-hybridized carbons (Fsp3) is 0.261. The zero-order valence-corrected chi connectivity index (χ0v) is 20.8. The number of halogens is 1. The van der Waals surface area contributed by atoms with Crippen molar-refractivity contribution < 1.29 is 28.6 Å². The third-order valence-corrected chi connectivity index (χ3v) is 6.20. The minimum atomic E-state index is -0.505. The van der Waals surface area contributed by atoms with Gasteiger partial charge < -0.3 is 14.2 Å². The number of aryl methyl sites for hydroxylation is 1. The van der Waals surface area contributed by atoms with E-state index in [1.807, 2.05) is 38.1 Å². The first kappa shape index (κ1) is 24.1. The molecule has 7 nitrogen and oxygen atoms in total. The second-order valence-corrected chi connectivity index (χ2v) is 9.04. The van der Waals surface area contributed by atoms with E-state index in [1.54, 1.807) is 18.2 Å². The van der Waals surface area contributed by atoms with Crippen LogP contribution in [0.1, 0.15) is 23.6 Å². The van der Waals surface area contributed by atoms with E-state index < -0.39 is 5.97 Å². The standard InChI is InChI=1S/C23H22INO6S/c1-4-30-18-10-16(9-17(24)21(18)31-13-20(26)29-3)11-19-22(27)25(23(28)32-19)12-15-7-5-6-14(2)8-15/h5-11H,4,12-13H2,1-3H3/b19-11+. The molecule has 9 heteroatoms. The molecule has 1 aliphatic heterocycles. The number of rotatable bonds is 8. The van der Waals surface area contributed by atoms with E-state index in [0.29, 0.717) is 32.1 Å². The van der Waals surface area contributed by atoms with Gasteiger partial charge in [0.25, 0.3) is 11.1 Å². The van der Waals surface area contributed by atoms with Gasteiger partial charge in [-0.25, -0.2) is 4.79 Å². The van der Waals surface area contributed by atoms with Crippen LogP contribution in [-0.4, -0.2) is 42.3 Å². The molecule has 1 saturated heterocycles. The molecule has 0 aromatic heterocycles. The van der Waals surface area contributed by atoms with Gasteiger partial charge >= 0.3 is 5.97 Å². The van der Waals surface area contributed by atoms with E-state index >= 15 is 0 Å². The second kappa shape index (κ2) is 10.9. The van der Waals surface area contributed by atoms with Gasteiger partial charge in [0, 0.05) is 0 Å². The Kier molecular flexibility index (Phi) is 8.19. The van der Waals surface area contributed by atoms with E-state index in [1.165, 1.54) is 12.0 Å². The number of methoxy groups -OCH3 is 1. The highest BCUT2D eigenvalue weighted by molar-refractivity contribution is 14.1.